The van der Waals surface area contributed by atoms with Crippen molar-refractivity contribution in [2.75, 3.05) is 0 Å². The molecule has 17 heavy (non-hydrogen) atoms. The molecule has 5 N–H and O–H groups in total. The van der Waals surface area contributed by atoms with E-state index in [1.165, 1.54) is 0 Å². The zero-order chi connectivity index (χ0) is 12.7. The van der Waals surface area contributed by atoms with Crippen LogP contribution in [-0.2, 0) is 13.1 Å². The van der Waals surface area contributed by atoms with E-state index in [1.54, 1.807) is 0 Å². The summed E-state index contributed by atoms with van der Waals surface area (Å²) in [5.74, 6) is 1.73. The minimum atomic E-state index is -0.292. The summed E-state index contributed by atoms with van der Waals surface area (Å²) in [6.45, 7) is 0.759. The summed E-state index contributed by atoms with van der Waals surface area (Å²) in [5, 5.41) is 9.32. The van der Waals surface area contributed by atoms with E-state index in [2.05, 4.69) is 10.2 Å². The molecule has 1 rings (SSSR count). The lowest BCUT2D eigenvalue weighted by Gasteiger charge is -2.01. The third kappa shape index (κ3) is 3.64. The Labute approximate surface area is 98.5 Å². The molecule has 1 aromatic rings. The van der Waals surface area contributed by atoms with Crippen molar-refractivity contribution in [2.45, 2.75) is 13.1 Å². The molecule has 0 amide bonds. The highest BCUT2D eigenvalue weighted by Crippen LogP contribution is 2.06. The molecular weight excluding hydrogens is 218 g/mol. The third-order valence-electron chi connectivity index (χ3n) is 2.11. The van der Waals surface area contributed by atoms with Gasteiger partial charge < -0.3 is 11.5 Å². The lowest BCUT2D eigenvalue weighted by molar-refractivity contribution is 1.02. The molecule has 0 aliphatic carbocycles. The third-order valence-corrected chi connectivity index (χ3v) is 2.11. The number of nitrogens with two attached hydrogens (primary N) is 2. The monoisotopic (exact) mass is 231 g/mol. The molecular formula is C11H13N5O. The van der Waals surface area contributed by atoms with Gasteiger partial charge in [0.25, 0.3) is 0 Å². The fourth-order valence-electron chi connectivity index (χ4n) is 1.24. The summed E-state index contributed by atoms with van der Waals surface area (Å²) in [4.78, 5) is 14.2. The van der Waals surface area contributed by atoms with Crippen LogP contribution in [0.15, 0.2) is 40.1 Å². The second kappa shape index (κ2) is 6.32. The number of amidine groups is 1. The molecule has 0 unspecified atom stereocenters. The molecule has 0 saturated carbocycles. The zero-order valence-corrected chi connectivity index (χ0v) is 9.18. The average molecular weight is 231 g/mol. The Morgan fingerprint density at radius 3 is 2.71 bits per heavy atom. The van der Waals surface area contributed by atoms with Crippen LogP contribution in [0.25, 0.3) is 0 Å². The van der Waals surface area contributed by atoms with Gasteiger partial charge in [-0.05, 0) is 16.3 Å². The Balaban J connectivity index is 2.81. The maximum atomic E-state index is 10.2. The Kier molecular flexibility index (Phi) is 4.75. The molecule has 6 heteroatoms. The minimum absolute atomic E-state index is 0.0897. The number of benzene rings is 1. The molecule has 0 heterocycles. The van der Waals surface area contributed by atoms with Crippen molar-refractivity contribution in [3.8, 4) is 0 Å². The van der Waals surface area contributed by atoms with E-state index in [-0.39, 0.29) is 11.5 Å². The largest absolute Gasteiger partial charge is 0.381 e. The van der Waals surface area contributed by atoms with Gasteiger partial charge in [-0.3, -0.25) is 10.4 Å². The van der Waals surface area contributed by atoms with Crippen molar-refractivity contribution in [1.29, 1.82) is 5.41 Å². The van der Waals surface area contributed by atoms with Crippen LogP contribution in [-0.4, -0.2) is 11.7 Å². The quantitative estimate of drug-likeness (QED) is 0.397. The zero-order valence-electron chi connectivity index (χ0n) is 9.18. The summed E-state index contributed by atoms with van der Waals surface area (Å²) in [6.07, 6.45) is 0. The van der Waals surface area contributed by atoms with Crippen LogP contribution >= 0.6 is 0 Å². The lowest BCUT2D eigenvalue weighted by atomic mass is 10.1. The van der Waals surface area contributed by atoms with Crippen molar-refractivity contribution >= 4 is 11.7 Å². The minimum Gasteiger partial charge on any atom is -0.381 e. The first-order valence-corrected chi connectivity index (χ1v) is 4.92. The second-order valence-corrected chi connectivity index (χ2v) is 3.29. The fourth-order valence-corrected chi connectivity index (χ4v) is 1.24. The van der Waals surface area contributed by atoms with Crippen LogP contribution in [0.3, 0.4) is 0 Å². The Hall–Kier alpha value is -2.30. The number of nitrogens with one attached hydrogen (secondary N) is 1. The first-order valence-electron chi connectivity index (χ1n) is 4.92. The number of rotatable bonds is 5. The molecule has 0 atom stereocenters. The Morgan fingerprint density at radius 1 is 1.41 bits per heavy atom. The number of hydrogen-bond donors (Lipinski definition) is 3. The predicted molar refractivity (Wildman–Crippen MR) is 66.7 cm³/mol. The van der Waals surface area contributed by atoms with Crippen LogP contribution in [0.5, 0.6) is 0 Å². The SMILES string of the molecule is N=C=C(N=O)C(N)=NCc1cccc(CN)c1. The van der Waals surface area contributed by atoms with Gasteiger partial charge in [0, 0.05) is 12.4 Å². The maximum Gasteiger partial charge on any atom is 0.209 e. The topological polar surface area (TPSA) is 118 Å². The van der Waals surface area contributed by atoms with Gasteiger partial charge >= 0.3 is 0 Å². The molecule has 0 saturated heterocycles. The van der Waals surface area contributed by atoms with Crippen molar-refractivity contribution in [1.82, 2.24) is 0 Å². The summed E-state index contributed by atoms with van der Waals surface area (Å²) >= 11 is 0. The maximum absolute atomic E-state index is 10.2. The van der Waals surface area contributed by atoms with E-state index in [4.69, 9.17) is 16.9 Å². The summed E-state index contributed by atoms with van der Waals surface area (Å²) in [6, 6.07) is 7.55. The van der Waals surface area contributed by atoms with Gasteiger partial charge in [0.15, 0.2) is 5.84 Å². The van der Waals surface area contributed by atoms with Crippen molar-refractivity contribution in [2.24, 2.45) is 21.6 Å². The molecule has 0 spiro atoms. The van der Waals surface area contributed by atoms with E-state index in [1.807, 2.05) is 30.1 Å². The average Bonchev–Trinajstić information content (AvgIpc) is 2.38. The smallest absolute Gasteiger partial charge is 0.209 e. The number of nitroso groups, excluding NO2 is 1. The van der Waals surface area contributed by atoms with E-state index in [0.717, 1.165) is 11.1 Å². The molecule has 0 fully saturated rings. The van der Waals surface area contributed by atoms with Gasteiger partial charge in [-0.2, -0.15) is 0 Å². The van der Waals surface area contributed by atoms with Gasteiger partial charge in [-0.15, -0.1) is 4.91 Å². The highest BCUT2D eigenvalue weighted by Gasteiger charge is 2.02. The summed E-state index contributed by atoms with van der Waals surface area (Å²) in [7, 11) is 0. The van der Waals surface area contributed by atoms with Crippen LogP contribution in [0, 0.1) is 10.3 Å². The molecule has 0 radical (unpaired) electrons. The van der Waals surface area contributed by atoms with Gasteiger partial charge in [0.1, 0.15) is 0 Å². The summed E-state index contributed by atoms with van der Waals surface area (Å²) in [5.41, 5.74) is 12.6. The number of hydrogen-bond acceptors (Lipinski definition) is 5. The van der Waals surface area contributed by atoms with Gasteiger partial charge in [-0.25, -0.2) is 0 Å². The summed E-state index contributed by atoms with van der Waals surface area (Å²) < 4.78 is 0. The highest BCUT2D eigenvalue weighted by atomic mass is 16.3. The molecule has 0 aromatic heterocycles. The molecule has 6 nitrogen and oxygen atoms in total. The van der Waals surface area contributed by atoms with Gasteiger partial charge in [0.05, 0.1) is 6.54 Å². The molecule has 0 aliphatic heterocycles. The van der Waals surface area contributed by atoms with E-state index in [0.29, 0.717) is 13.1 Å². The van der Waals surface area contributed by atoms with Crippen LogP contribution in [0.1, 0.15) is 11.1 Å². The van der Waals surface area contributed by atoms with Crippen LogP contribution in [0.4, 0.5) is 0 Å². The number of aliphatic imine (C=N–C) groups is 1. The van der Waals surface area contributed by atoms with E-state index >= 15 is 0 Å². The van der Waals surface area contributed by atoms with Crippen LogP contribution in [0.2, 0.25) is 0 Å². The normalized spacial score (nSPS) is 10.8. The molecule has 88 valence electrons. The standard InChI is InChI=1S/C11H13N5O/c12-5-8-2-1-3-9(4-8)7-15-11(14)10(6-13)16-17/h1-4,13H,5,7,12H2,(H2,14,15). The second-order valence-electron chi connectivity index (χ2n) is 3.29. The molecule has 1 aromatic carbocycles. The molecule has 0 aliphatic rings. The van der Waals surface area contributed by atoms with E-state index < -0.39 is 0 Å². The van der Waals surface area contributed by atoms with Crippen molar-refractivity contribution in [3.63, 3.8) is 0 Å². The van der Waals surface area contributed by atoms with Crippen molar-refractivity contribution < 1.29 is 0 Å². The Morgan fingerprint density at radius 2 is 2.12 bits per heavy atom. The van der Waals surface area contributed by atoms with Gasteiger partial charge in [-0.1, -0.05) is 24.3 Å². The molecule has 0 bridgehead atoms. The lowest BCUT2D eigenvalue weighted by Crippen LogP contribution is -2.14. The van der Waals surface area contributed by atoms with Gasteiger partial charge in [0.2, 0.25) is 5.70 Å². The highest BCUT2D eigenvalue weighted by molar-refractivity contribution is 6.03. The first-order chi connectivity index (χ1) is 8.21. The number of nitrogens with zero attached hydrogens (tertiary/aromatic N) is 2. The predicted octanol–water partition coefficient (Wildman–Crippen LogP) is 0.901. The van der Waals surface area contributed by atoms with Crippen molar-refractivity contribution in [3.05, 3.63) is 46.0 Å². The fraction of sp³-hybridized carbons (Fsp3) is 0.182. The van der Waals surface area contributed by atoms with E-state index in [9.17, 15) is 4.91 Å². The van der Waals surface area contributed by atoms with Crippen LogP contribution < -0.4 is 11.5 Å². The Bertz CT molecular complexity index is 488. The first kappa shape index (κ1) is 12.8.